The van der Waals surface area contributed by atoms with Crippen molar-refractivity contribution in [2.75, 3.05) is 13.1 Å². The van der Waals surface area contributed by atoms with Crippen LogP contribution in [0.2, 0.25) is 10.0 Å². The van der Waals surface area contributed by atoms with E-state index in [9.17, 15) is 9.59 Å². The molecule has 0 bridgehead atoms. The van der Waals surface area contributed by atoms with Gasteiger partial charge in [0.05, 0.1) is 10.6 Å². The van der Waals surface area contributed by atoms with Crippen LogP contribution in [0.5, 0.6) is 0 Å². The molecular weight excluding hydrogens is 323 g/mol. The van der Waals surface area contributed by atoms with Gasteiger partial charge in [0.1, 0.15) is 6.04 Å². The molecule has 1 aromatic carbocycles. The van der Waals surface area contributed by atoms with Crippen LogP contribution in [-0.2, 0) is 4.79 Å². The second-order valence-corrected chi connectivity index (χ2v) is 6.17. The second kappa shape index (κ2) is 8.39. The van der Waals surface area contributed by atoms with Gasteiger partial charge in [-0.05, 0) is 38.0 Å². The minimum absolute atomic E-state index is 0.0249. The number of halogens is 2. The Hall–Kier alpha value is -1.26. The zero-order valence-electron chi connectivity index (χ0n) is 13.3. The fourth-order valence-electron chi connectivity index (χ4n) is 2.14. The molecule has 0 aliphatic heterocycles. The van der Waals surface area contributed by atoms with Crippen molar-refractivity contribution in [3.05, 3.63) is 33.8 Å². The first-order valence-electron chi connectivity index (χ1n) is 7.36. The molecule has 4 nitrogen and oxygen atoms in total. The van der Waals surface area contributed by atoms with Gasteiger partial charge in [-0.3, -0.25) is 9.59 Å². The fraction of sp³-hybridized carbons (Fsp3) is 0.500. The van der Waals surface area contributed by atoms with Gasteiger partial charge in [0.15, 0.2) is 0 Å². The molecule has 0 saturated heterocycles. The van der Waals surface area contributed by atoms with Gasteiger partial charge in [-0.2, -0.15) is 0 Å². The van der Waals surface area contributed by atoms with Crippen LogP contribution in [0.15, 0.2) is 18.2 Å². The molecule has 0 aliphatic carbocycles. The van der Waals surface area contributed by atoms with Crippen molar-refractivity contribution in [3.63, 3.8) is 0 Å². The summed E-state index contributed by atoms with van der Waals surface area (Å²) in [7, 11) is 0. The number of rotatable bonds is 6. The SMILES string of the molecule is CCN(CC)C(=O)C(NC(=O)c1ccc(Cl)cc1Cl)C(C)C. The molecule has 0 fully saturated rings. The quantitative estimate of drug-likeness (QED) is 0.856. The summed E-state index contributed by atoms with van der Waals surface area (Å²) in [6.07, 6.45) is 0. The molecule has 2 amide bonds. The molecule has 0 aliphatic rings. The summed E-state index contributed by atoms with van der Waals surface area (Å²) in [6, 6.07) is 4.08. The Morgan fingerprint density at radius 3 is 2.23 bits per heavy atom. The molecule has 1 unspecified atom stereocenters. The molecule has 0 radical (unpaired) electrons. The Kier molecular flexibility index (Phi) is 7.17. The number of carbonyl (C=O) groups is 2. The Morgan fingerprint density at radius 2 is 1.77 bits per heavy atom. The van der Waals surface area contributed by atoms with Gasteiger partial charge in [-0.25, -0.2) is 0 Å². The van der Waals surface area contributed by atoms with Crippen molar-refractivity contribution < 1.29 is 9.59 Å². The topological polar surface area (TPSA) is 49.4 Å². The summed E-state index contributed by atoms with van der Waals surface area (Å²) in [6.45, 7) is 8.84. The van der Waals surface area contributed by atoms with Crippen LogP contribution < -0.4 is 5.32 Å². The summed E-state index contributed by atoms with van der Waals surface area (Å²) < 4.78 is 0. The predicted molar refractivity (Wildman–Crippen MR) is 90.5 cm³/mol. The van der Waals surface area contributed by atoms with Gasteiger partial charge in [0.2, 0.25) is 5.91 Å². The Labute approximate surface area is 141 Å². The summed E-state index contributed by atoms with van der Waals surface area (Å²) in [4.78, 5) is 26.6. The molecule has 0 spiro atoms. The van der Waals surface area contributed by atoms with Crippen molar-refractivity contribution in [1.82, 2.24) is 10.2 Å². The lowest BCUT2D eigenvalue weighted by molar-refractivity contribution is -0.133. The first-order valence-corrected chi connectivity index (χ1v) is 8.12. The van der Waals surface area contributed by atoms with E-state index in [2.05, 4.69) is 5.32 Å². The molecule has 0 saturated carbocycles. The number of benzene rings is 1. The monoisotopic (exact) mass is 344 g/mol. The van der Waals surface area contributed by atoms with E-state index in [0.29, 0.717) is 23.7 Å². The van der Waals surface area contributed by atoms with Gasteiger partial charge < -0.3 is 10.2 Å². The third kappa shape index (κ3) is 4.62. The van der Waals surface area contributed by atoms with E-state index in [4.69, 9.17) is 23.2 Å². The molecule has 1 aromatic rings. The lowest BCUT2D eigenvalue weighted by Gasteiger charge is -2.28. The number of hydrogen-bond acceptors (Lipinski definition) is 2. The number of likely N-dealkylation sites (N-methyl/N-ethyl adjacent to an activating group) is 1. The highest BCUT2D eigenvalue weighted by atomic mass is 35.5. The highest BCUT2D eigenvalue weighted by Gasteiger charge is 2.28. The van der Waals surface area contributed by atoms with Crippen molar-refractivity contribution in [2.24, 2.45) is 5.92 Å². The summed E-state index contributed by atoms with van der Waals surface area (Å²) in [5.74, 6) is -0.484. The number of nitrogens with one attached hydrogen (secondary N) is 1. The molecular formula is C16H22Cl2N2O2. The van der Waals surface area contributed by atoms with Crippen LogP contribution in [0, 0.1) is 5.92 Å². The number of amides is 2. The third-order valence-corrected chi connectivity index (χ3v) is 4.02. The van der Waals surface area contributed by atoms with Crippen LogP contribution in [0.1, 0.15) is 38.1 Å². The van der Waals surface area contributed by atoms with Crippen LogP contribution in [0.4, 0.5) is 0 Å². The molecule has 1 N–H and O–H groups in total. The first kappa shape index (κ1) is 18.8. The normalized spacial score (nSPS) is 12.1. The molecule has 0 heterocycles. The largest absolute Gasteiger partial charge is 0.341 e. The van der Waals surface area contributed by atoms with E-state index in [1.165, 1.54) is 6.07 Å². The van der Waals surface area contributed by atoms with Crippen molar-refractivity contribution in [1.29, 1.82) is 0 Å². The van der Waals surface area contributed by atoms with Gasteiger partial charge in [0.25, 0.3) is 5.91 Å². The zero-order valence-corrected chi connectivity index (χ0v) is 14.8. The standard InChI is InChI=1S/C16H22Cl2N2O2/c1-5-20(6-2)16(22)14(10(3)4)19-15(21)12-8-7-11(17)9-13(12)18/h7-10,14H,5-6H2,1-4H3,(H,19,21). The van der Waals surface area contributed by atoms with Gasteiger partial charge in [-0.1, -0.05) is 37.0 Å². The van der Waals surface area contributed by atoms with Crippen molar-refractivity contribution >= 4 is 35.0 Å². The van der Waals surface area contributed by atoms with Gasteiger partial charge in [-0.15, -0.1) is 0 Å². The summed E-state index contributed by atoms with van der Waals surface area (Å²) >= 11 is 11.9. The maximum absolute atomic E-state index is 12.5. The van der Waals surface area contributed by atoms with Crippen LogP contribution in [0.3, 0.4) is 0 Å². The van der Waals surface area contributed by atoms with E-state index in [-0.39, 0.29) is 22.8 Å². The highest BCUT2D eigenvalue weighted by Crippen LogP contribution is 2.21. The van der Waals surface area contributed by atoms with Crippen LogP contribution >= 0.6 is 23.2 Å². The maximum atomic E-state index is 12.5. The molecule has 22 heavy (non-hydrogen) atoms. The van der Waals surface area contributed by atoms with Crippen LogP contribution in [0.25, 0.3) is 0 Å². The zero-order chi connectivity index (χ0) is 16.9. The lowest BCUT2D eigenvalue weighted by Crippen LogP contribution is -2.51. The lowest BCUT2D eigenvalue weighted by atomic mass is 10.0. The van der Waals surface area contributed by atoms with Crippen molar-refractivity contribution in [2.45, 2.75) is 33.7 Å². The fourth-order valence-corrected chi connectivity index (χ4v) is 2.63. The molecule has 0 aromatic heterocycles. The molecule has 6 heteroatoms. The predicted octanol–water partition coefficient (Wildman–Crippen LogP) is 3.62. The first-order chi connectivity index (χ1) is 10.3. The summed E-state index contributed by atoms with van der Waals surface area (Å²) in [5.41, 5.74) is 0.309. The summed E-state index contributed by atoms with van der Waals surface area (Å²) in [5, 5.41) is 3.51. The molecule has 1 rings (SSSR count). The Morgan fingerprint density at radius 1 is 1.18 bits per heavy atom. The average Bonchev–Trinajstić information content (AvgIpc) is 2.45. The minimum atomic E-state index is -0.584. The van der Waals surface area contributed by atoms with E-state index in [1.54, 1.807) is 17.0 Å². The van der Waals surface area contributed by atoms with Crippen LogP contribution in [-0.4, -0.2) is 35.8 Å². The number of hydrogen-bond donors (Lipinski definition) is 1. The number of nitrogens with zero attached hydrogens (tertiary/aromatic N) is 1. The third-order valence-electron chi connectivity index (χ3n) is 3.47. The smallest absolute Gasteiger partial charge is 0.253 e. The molecule has 1 atom stereocenters. The van der Waals surface area contributed by atoms with Crippen molar-refractivity contribution in [3.8, 4) is 0 Å². The second-order valence-electron chi connectivity index (χ2n) is 5.33. The van der Waals surface area contributed by atoms with E-state index >= 15 is 0 Å². The molecule has 122 valence electrons. The minimum Gasteiger partial charge on any atom is -0.341 e. The average molecular weight is 345 g/mol. The highest BCUT2D eigenvalue weighted by molar-refractivity contribution is 6.36. The van der Waals surface area contributed by atoms with Gasteiger partial charge >= 0.3 is 0 Å². The number of carbonyl (C=O) groups excluding carboxylic acids is 2. The van der Waals surface area contributed by atoms with E-state index in [0.717, 1.165) is 0 Å². The van der Waals surface area contributed by atoms with E-state index < -0.39 is 6.04 Å². The Bertz CT molecular complexity index is 543. The Balaban J connectivity index is 2.95. The van der Waals surface area contributed by atoms with Gasteiger partial charge in [0, 0.05) is 18.1 Å². The van der Waals surface area contributed by atoms with E-state index in [1.807, 2.05) is 27.7 Å². The maximum Gasteiger partial charge on any atom is 0.253 e.